The van der Waals surface area contributed by atoms with Crippen molar-refractivity contribution in [2.75, 3.05) is 48.4 Å². The van der Waals surface area contributed by atoms with Crippen molar-refractivity contribution in [2.45, 2.75) is 43.2 Å². The Hall–Kier alpha value is -1.95. The summed E-state index contributed by atoms with van der Waals surface area (Å²) in [6, 6.07) is 0.326. The number of carbonyl (C=O) groups is 1. The first-order chi connectivity index (χ1) is 15.1. The number of hydrogen-bond donors (Lipinski definition) is 0. The molecule has 5 heterocycles. The van der Waals surface area contributed by atoms with E-state index in [1.165, 1.54) is 17.7 Å². The molecule has 0 bridgehead atoms. The minimum absolute atomic E-state index is 0.195. The Balaban J connectivity index is 1.34. The number of hydrogen-bond acceptors (Lipinski definition) is 10. The summed E-state index contributed by atoms with van der Waals surface area (Å²) in [6.45, 7) is 5.48. The van der Waals surface area contributed by atoms with E-state index >= 15 is 0 Å². The number of nitrogens with zero attached hydrogens (tertiary/aromatic N) is 5. The zero-order chi connectivity index (χ0) is 21.4. The first-order valence-electron chi connectivity index (χ1n) is 10.6. The van der Waals surface area contributed by atoms with Crippen LogP contribution in [-0.2, 0) is 27.1 Å². The Morgan fingerprint density at radius 2 is 2.19 bits per heavy atom. The highest BCUT2D eigenvalue weighted by Crippen LogP contribution is 2.37. The van der Waals surface area contributed by atoms with Crippen molar-refractivity contribution in [3.63, 3.8) is 0 Å². The highest BCUT2D eigenvalue weighted by Gasteiger charge is 2.39. The lowest BCUT2D eigenvalue weighted by Gasteiger charge is -2.39. The number of fused-ring (bicyclic) bond motifs is 1. The van der Waals surface area contributed by atoms with Crippen LogP contribution >= 0.6 is 11.5 Å². The summed E-state index contributed by atoms with van der Waals surface area (Å²) in [7, 11) is 0. The zero-order valence-corrected chi connectivity index (χ0v) is 19.0. The number of carbonyl (C=O) groups excluding carboxylic acids is 1. The van der Waals surface area contributed by atoms with E-state index in [9.17, 15) is 9.35 Å². The summed E-state index contributed by atoms with van der Waals surface area (Å²) in [5.74, 6) is 1.68. The molecule has 3 aliphatic heterocycles. The van der Waals surface area contributed by atoms with Crippen LogP contribution < -0.4 is 9.80 Å². The van der Waals surface area contributed by atoms with Crippen molar-refractivity contribution in [1.29, 1.82) is 0 Å². The number of aromatic nitrogens is 3. The van der Waals surface area contributed by atoms with E-state index < -0.39 is 11.2 Å². The maximum absolute atomic E-state index is 12.7. The third kappa shape index (κ3) is 4.11. The van der Waals surface area contributed by atoms with Crippen molar-refractivity contribution in [3.8, 4) is 0 Å². The molecular formula is C20H25N5O4S2. The van der Waals surface area contributed by atoms with Gasteiger partial charge in [-0.3, -0.25) is 0 Å². The van der Waals surface area contributed by atoms with Gasteiger partial charge in [-0.1, -0.05) is 0 Å². The first-order valence-corrected chi connectivity index (χ1v) is 12.8. The summed E-state index contributed by atoms with van der Waals surface area (Å²) < 4.78 is 27.8. The molecule has 1 atom stereocenters. The van der Waals surface area contributed by atoms with Crippen LogP contribution in [0.25, 0.3) is 0 Å². The van der Waals surface area contributed by atoms with Crippen LogP contribution in [0.1, 0.15) is 35.8 Å². The predicted octanol–water partition coefficient (Wildman–Crippen LogP) is 1.65. The minimum Gasteiger partial charge on any atom is -0.611 e. The molecule has 0 spiro atoms. The smallest absolute Gasteiger partial charge is 0.341 e. The van der Waals surface area contributed by atoms with Gasteiger partial charge in [-0.15, -0.1) is 0 Å². The molecule has 2 saturated heterocycles. The topological polar surface area (TPSA) is 104 Å². The molecule has 31 heavy (non-hydrogen) atoms. The summed E-state index contributed by atoms with van der Waals surface area (Å²) in [6.07, 6.45) is 3.91. The van der Waals surface area contributed by atoms with E-state index in [4.69, 9.17) is 19.4 Å². The fraction of sp³-hybridized carbons (Fsp3) is 0.600. The number of ether oxygens (including phenoxy) is 2. The van der Waals surface area contributed by atoms with E-state index in [1.807, 2.05) is 4.90 Å². The van der Waals surface area contributed by atoms with Crippen LogP contribution in [0.15, 0.2) is 16.5 Å². The van der Waals surface area contributed by atoms with E-state index in [1.54, 1.807) is 5.38 Å². The summed E-state index contributed by atoms with van der Waals surface area (Å²) in [5.41, 5.74) is 1.37. The summed E-state index contributed by atoms with van der Waals surface area (Å²) >= 11 is 0.165. The van der Waals surface area contributed by atoms with Crippen molar-refractivity contribution < 1.29 is 18.8 Å². The molecule has 2 fully saturated rings. The van der Waals surface area contributed by atoms with E-state index in [2.05, 4.69) is 16.2 Å². The van der Waals surface area contributed by atoms with Crippen LogP contribution in [0, 0.1) is 0 Å². The zero-order valence-electron chi connectivity index (χ0n) is 17.4. The standard InChI is InChI=1S/C20H25N5O4S2/c1-2-25(14-3-6-28-7-4-14)18-17-16(5-8-31(17)27)22-20(23-18)24-10-15(11-24)29-19(26)13-9-21-30-12-13/h9,12,14-15H,2-8,10-11H2,1H3. The molecule has 0 N–H and O–H groups in total. The van der Waals surface area contributed by atoms with Gasteiger partial charge < -0.3 is 23.8 Å². The molecule has 2 aromatic heterocycles. The fourth-order valence-corrected chi connectivity index (χ4v) is 6.15. The van der Waals surface area contributed by atoms with Crippen LogP contribution in [0.3, 0.4) is 0 Å². The summed E-state index contributed by atoms with van der Waals surface area (Å²) in [4.78, 5) is 26.9. The average Bonchev–Trinajstić information content (AvgIpc) is 3.42. The number of esters is 1. The van der Waals surface area contributed by atoms with E-state index in [-0.39, 0.29) is 12.1 Å². The molecule has 166 valence electrons. The largest absolute Gasteiger partial charge is 0.611 e. The van der Waals surface area contributed by atoms with Crippen molar-refractivity contribution in [2.24, 2.45) is 0 Å². The first kappa shape index (κ1) is 20.9. The number of anilines is 2. The van der Waals surface area contributed by atoms with Gasteiger partial charge in [0.25, 0.3) is 0 Å². The molecule has 5 rings (SSSR count). The molecule has 3 aliphatic rings. The Morgan fingerprint density at radius 3 is 2.90 bits per heavy atom. The molecular weight excluding hydrogens is 438 g/mol. The molecule has 9 nitrogen and oxygen atoms in total. The maximum Gasteiger partial charge on any atom is 0.341 e. The lowest BCUT2D eigenvalue weighted by atomic mass is 10.1. The molecule has 0 saturated carbocycles. The lowest BCUT2D eigenvalue weighted by molar-refractivity contribution is 0.0231. The van der Waals surface area contributed by atoms with Gasteiger partial charge in [-0.2, -0.15) is 4.98 Å². The normalized spacial score (nSPS) is 21.6. The van der Waals surface area contributed by atoms with Crippen molar-refractivity contribution >= 4 is 40.4 Å². The van der Waals surface area contributed by atoms with Gasteiger partial charge in [0, 0.05) is 37.6 Å². The quantitative estimate of drug-likeness (QED) is 0.467. The molecule has 11 heteroatoms. The van der Waals surface area contributed by atoms with Crippen LogP contribution in [-0.4, -0.2) is 75.6 Å². The van der Waals surface area contributed by atoms with Crippen molar-refractivity contribution in [3.05, 3.63) is 22.8 Å². The van der Waals surface area contributed by atoms with Gasteiger partial charge >= 0.3 is 5.97 Å². The second kappa shape index (κ2) is 8.89. The van der Waals surface area contributed by atoms with Crippen LogP contribution in [0.2, 0.25) is 0 Å². The van der Waals surface area contributed by atoms with Gasteiger partial charge in [0.15, 0.2) is 5.82 Å². The average molecular weight is 464 g/mol. The van der Waals surface area contributed by atoms with Gasteiger partial charge in [-0.25, -0.2) is 14.2 Å². The maximum atomic E-state index is 12.7. The molecule has 0 aromatic carbocycles. The highest BCUT2D eigenvalue weighted by atomic mass is 32.2. The Kier molecular flexibility index (Phi) is 6.00. The Morgan fingerprint density at radius 1 is 1.39 bits per heavy atom. The molecule has 2 aromatic rings. The minimum atomic E-state index is -1.06. The van der Waals surface area contributed by atoms with Gasteiger partial charge in [-0.05, 0) is 42.5 Å². The van der Waals surface area contributed by atoms with Crippen molar-refractivity contribution in [1.82, 2.24) is 14.3 Å². The third-order valence-electron chi connectivity index (χ3n) is 5.97. The Labute approximate surface area is 188 Å². The summed E-state index contributed by atoms with van der Waals surface area (Å²) in [5, 5.41) is 1.68. The number of rotatable bonds is 6. The van der Waals surface area contributed by atoms with E-state index in [0.29, 0.717) is 42.8 Å². The Bertz CT molecular complexity index is 932. The molecule has 0 radical (unpaired) electrons. The number of aryl methyl sites for hydroxylation is 1. The van der Waals surface area contributed by atoms with E-state index in [0.717, 1.165) is 49.0 Å². The molecule has 1 unspecified atom stereocenters. The lowest BCUT2D eigenvalue weighted by Crippen LogP contribution is -2.54. The van der Waals surface area contributed by atoms with Gasteiger partial charge in [0.1, 0.15) is 17.6 Å². The SMILES string of the molecule is CCN(c1nc(N2CC(OC(=O)c3cnsc3)C2)nc2c1[S+]([O-])CC2)C1CCOCC1. The highest BCUT2D eigenvalue weighted by molar-refractivity contribution is 7.91. The van der Waals surface area contributed by atoms with Crippen LogP contribution in [0.5, 0.6) is 0 Å². The van der Waals surface area contributed by atoms with Gasteiger partial charge in [0.2, 0.25) is 10.8 Å². The predicted molar refractivity (Wildman–Crippen MR) is 117 cm³/mol. The fourth-order valence-electron chi connectivity index (χ4n) is 4.28. The molecule has 0 amide bonds. The third-order valence-corrected chi connectivity index (χ3v) is 8.01. The second-order valence-electron chi connectivity index (χ2n) is 7.90. The van der Waals surface area contributed by atoms with Crippen LogP contribution in [0.4, 0.5) is 11.8 Å². The molecule has 0 aliphatic carbocycles. The second-order valence-corrected chi connectivity index (χ2v) is 10.1. The monoisotopic (exact) mass is 463 g/mol. The van der Waals surface area contributed by atoms with Gasteiger partial charge in [0.05, 0.1) is 24.8 Å².